The summed E-state index contributed by atoms with van der Waals surface area (Å²) < 4.78 is 11.9. The highest BCUT2D eigenvalue weighted by Crippen LogP contribution is 2.39. The average molecular weight is 338 g/mol. The molecule has 1 saturated heterocycles. The summed E-state index contributed by atoms with van der Waals surface area (Å²) in [5.41, 5.74) is 2.40. The van der Waals surface area contributed by atoms with E-state index in [1.165, 1.54) is 5.56 Å². The molecule has 0 saturated carbocycles. The molecule has 4 nitrogen and oxygen atoms in total. The van der Waals surface area contributed by atoms with Crippen molar-refractivity contribution in [1.29, 1.82) is 0 Å². The zero-order valence-corrected chi connectivity index (χ0v) is 14.8. The predicted molar refractivity (Wildman–Crippen MR) is 100 cm³/mol. The Hall–Kier alpha value is -2.20. The highest BCUT2D eigenvalue weighted by Gasteiger charge is 2.38. The molecule has 1 spiro atoms. The Labute approximate surface area is 149 Å². The van der Waals surface area contributed by atoms with Crippen LogP contribution in [0.15, 0.2) is 48.5 Å². The van der Waals surface area contributed by atoms with Crippen LogP contribution in [0.1, 0.15) is 24.8 Å². The van der Waals surface area contributed by atoms with Crippen molar-refractivity contribution in [2.45, 2.75) is 31.4 Å². The Balaban J connectivity index is 1.44. The summed E-state index contributed by atoms with van der Waals surface area (Å²) in [4.78, 5) is 2.54. The average Bonchev–Trinajstić information content (AvgIpc) is 2.83. The summed E-state index contributed by atoms with van der Waals surface area (Å²) in [5, 5.41) is 3.50. The number of nitrogens with zero attached hydrogens (tertiary/aromatic N) is 1. The number of likely N-dealkylation sites (tertiary alicyclic amines) is 1. The van der Waals surface area contributed by atoms with Crippen LogP contribution in [0.5, 0.6) is 11.5 Å². The molecule has 2 aromatic carbocycles. The quantitative estimate of drug-likeness (QED) is 0.919. The van der Waals surface area contributed by atoms with Crippen LogP contribution in [0.25, 0.3) is 0 Å². The van der Waals surface area contributed by atoms with E-state index < -0.39 is 0 Å². The third-order valence-corrected chi connectivity index (χ3v) is 5.43. The van der Waals surface area contributed by atoms with E-state index in [0.29, 0.717) is 0 Å². The van der Waals surface area contributed by atoms with Crippen molar-refractivity contribution >= 4 is 5.69 Å². The lowest BCUT2D eigenvalue weighted by atomic mass is 9.87. The molecule has 0 aromatic heterocycles. The van der Waals surface area contributed by atoms with Gasteiger partial charge in [-0.3, -0.25) is 4.90 Å². The third kappa shape index (κ3) is 3.59. The number of methoxy groups -OCH3 is 1. The molecular formula is C21H26N2O2. The van der Waals surface area contributed by atoms with Gasteiger partial charge >= 0.3 is 0 Å². The SMILES string of the molecule is COc1ccc2c(c1)OC1(CCN2)CCN(Cc2ccccc2)CC1. The highest BCUT2D eigenvalue weighted by molar-refractivity contribution is 5.60. The van der Waals surface area contributed by atoms with Crippen molar-refractivity contribution in [2.75, 3.05) is 32.1 Å². The van der Waals surface area contributed by atoms with Gasteiger partial charge in [0.05, 0.1) is 12.8 Å². The van der Waals surface area contributed by atoms with E-state index in [4.69, 9.17) is 9.47 Å². The van der Waals surface area contributed by atoms with E-state index in [0.717, 1.165) is 62.6 Å². The smallest absolute Gasteiger partial charge is 0.146 e. The maximum Gasteiger partial charge on any atom is 0.146 e. The van der Waals surface area contributed by atoms with Gasteiger partial charge in [0.15, 0.2) is 0 Å². The molecule has 0 atom stereocenters. The number of benzene rings is 2. The molecule has 2 aliphatic rings. The molecule has 1 N–H and O–H groups in total. The van der Waals surface area contributed by atoms with Gasteiger partial charge in [-0.2, -0.15) is 0 Å². The summed E-state index contributed by atoms with van der Waals surface area (Å²) in [7, 11) is 1.70. The zero-order valence-electron chi connectivity index (χ0n) is 14.8. The lowest BCUT2D eigenvalue weighted by molar-refractivity contribution is -0.00195. The van der Waals surface area contributed by atoms with Crippen LogP contribution in [0.4, 0.5) is 5.69 Å². The summed E-state index contributed by atoms with van der Waals surface area (Å²) >= 11 is 0. The van der Waals surface area contributed by atoms with Gasteiger partial charge in [-0.15, -0.1) is 0 Å². The van der Waals surface area contributed by atoms with Gasteiger partial charge in [-0.05, 0) is 30.5 Å². The Bertz CT molecular complexity index is 709. The number of anilines is 1. The lowest BCUT2D eigenvalue weighted by Gasteiger charge is -2.41. The fourth-order valence-electron chi connectivity index (χ4n) is 3.88. The van der Waals surface area contributed by atoms with Crippen LogP contribution >= 0.6 is 0 Å². The Kier molecular flexibility index (Phi) is 4.53. The maximum atomic E-state index is 6.56. The van der Waals surface area contributed by atoms with Gasteiger partial charge in [0.25, 0.3) is 0 Å². The first-order valence-corrected chi connectivity index (χ1v) is 9.14. The molecule has 0 bridgehead atoms. The van der Waals surface area contributed by atoms with E-state index >= 15 is 0 Å². The van der Waals surface area contributed by atoms with E-state index in [9.17, 15) is 0 Å². The number of piperidine rings is 1. The second-order valence-corrected chi connectivity index (χ2v) is 7.09. The Morgan fingerprint density at radius 1 is 1.08 bits per heavy atom. The number of ether oxygens (including phenoxy) is 2. The first-order valence-electron chi connectivity index (χ1n) is 9.14. The van der Waals surface area contributed by atoms with Crippen molar-refractivity contribution in [3.05, 3.63) is 54.1 Å². The number of fused-ring (bicyclic) bond motifs is 1. The minimum absolute atomic E-state index is 0.0577. The molecule has 0 amide bonds. The van der Waals surface area contributed by atoms with E-state index in [-0.39, 0.29) is 5.60 Å². The highest BCUT2D eigenvalue weighted by atomic mass is 16.5. The van der Waals surface area contributed by atoms with Crippen molar-refractivity contribution in [3.63, 3.8) is 0 Å². The second-order valence-electron chi connectivity index (χ2n) is 7.09. The Morgan fingerprint density at radius 3 is 2.64 bits per heavy atom. The van der Waals surface area contributed by atoms with Gasteiger partial charge < -0.3 is 14.8 Å². The van der Waals surface area contributed by atoms with Crippen molar-refractivity contribution in [3.8, 4) is 11.5 Å². The fraction of sp³-hybridized carbons (Fsp3) is 0.429. The van der Waals surface area contributed by atoms with Crippen molar-refractivity contribution < 1.29 is 9.47 Å². The molecule has 0 unspecified atom stereocenters. The minimum atomic E-state index is -0.0577. The predicted octanol–water partition coefficient (Wildman–Crippen LogP) is 3.92. The second kappa shape index (κ2) is 6.96. The molecule has 2 aromatic rings. The maximum absolute atomic E-state index is 6.56. The molecule has 0 aliphatic carbocycles. The Morgan fingerprint density at radius 2 is 1.88 bits per heavy atom. The van der Waals surface area contributed by atoms with Crippen molar-refractivity contribution in [1.82, 2.24) is 4.90 Å². The summed E-state index contributed by atoms with van der Waals surface area (Å²) in [6, 6.07) is 16.8. The number of hydrogen-bond donors (Lipinski definition) is 1. The molecule has 2 heterocycles. The van der Waals surface area contributed by atoms with E-state index in [1.54, 1.807) is 7.11 Å². The monoisotopic (exact) mass is 338 g/mol. The third-order valence-electron chi connectivity index (χ3n) is 5.43. The van der Waals surface area contributed by atoms with Crippen LogP contribution < -0.4 is 14.8 Å². The molecule has 1 fully saturated rings. The zero-order chi connectivity index (χ0) is 17.1. The van der Waals surface area contributed by atoms with Crippen LogP contribution in [-0.2, 0) is 6.54 Å². The first-order chi connectivity index (χ1) is 12.3. The standard InChI is InChI=1S/C21H26N2O2/c1-24-18-7-8-19-20(15-18)25-21(9-12-22-19)10-13-23(14-11-21)16-17-5-3-2-4-6-17/h2-8,15,22H,9-14,16H2,1H3. The number of rotatable bonds is 3. The van der Waals surface area contributed by atoms with Crippen LogP contribution in [0.2, 0.25) is 0 Å². The summed E-state index contributed by atoms with van der Waals surface area (Å²) in [6.45, 7) is 4.14. The minimum Gasteiger partial charge on any atom is -0.497 e. The van der Waals surface area contributed by atoms with Crippen molar-refractivity contribution in [2.24, 2.45) is 0 Å². The van der Waals surface area contributed by atoms with E-state index in [1.807, 2.05) is 12.1 Å². The van der Waals surface area contributed by atoms with Gasteiger partial charge in [-0.25, -0.2) is 0 Å². The lowest BCUT2D eigenvalue weighted by Crippen LogP contribution is -2.48. The summed E-state index contributed by atoms with van der Waals surface area (Å²) in [5.74, 6) is 1.77. The van der Waals surface area contributed by atoms with Gasteiger partial charge in [0.2, 0.25) is 0 Å². The molecule has 132 valence electrons. The van der Waals surface area contributed by atoms with Crippen LogP contribution in [0, 0.1) is 0 Å². The molecule has 0 radical (unpaired) electrons. The topological polar surface area (TPSA) is 33.7 Å². The van der Waals surface area contributed by atoms with E-state index in [2.05, 4.69) is 46.6 Å². The largest absolute Gasteiger partial charge is 0.497 e. The number of nitrogens with one attached hydrogen (secondary N) is 1. The molecule has 4 rings (SSSR count). The van der Waals surface area contributed by atoms with Gasteiger partial charge in [-0.1, -0.05) is 30.3 Å². The van der Waals surface area contributed by atoms with Crippen LogP contribution in [-0.4, -0.2) is 37.2 Å². The molecule has 4 heteroatoms. The molecule has 25 heavy (non-hydrogen) atoms. The normalized spacial score (nSPS) is 19.4. The number of hydrogen-bond acceptors (Lipinski definition) is 4. The van der Waals surface area contributed by atoms with Crippen LogP contribution in [0.3, 0.4) is 0 Å². The first kappa shape index (κ1) is 16.3. The summed E-state index contributed by atoms with van der Waals surface area (Å²) in [6.07, 6.45) is 3.18. The van der Waals surface area contributed by atoms with Gasteiger partial charge in [0, 0.05) is 38.7 Å². The van der Waals surface area contributed by atoms with Gasteiger partial charge in [0.1, 0.15) is 17.1 Å². The fourth-order valence-corrected chi connectivity index (χ4v) is 3.88. The molecular weight excluding hydrogens is 312 g/mol. The molecule has 2 aliphatic heterocycles.